The van der Waals surface area contributed by atoms with Crippen LogP contribution in [0.15, 0.2) is 18.2 Å². The van der Waals surface area contributed by atoms with Crippen LogP contribution in [0.2, 0.25) is 0 Å². The number of carbonyl (C=O) groups excluding carboxylic acids is 1. The van der Waals surface area contributed by atoms with Crippen molar-refractivity contribution in [2.24, 2.45) is 11.8 Å². The van der Waals surface area contributed by atoms with Gasteiger partial charge in [0.05, 0.1) is 0 Å². The smallest absolute Gasteiger partial charge is 0.253 e. The summed E-state index contributed by atoms with van der Waals surface area (Å²) in [6.07, 6.45) is 7.38. The van der Waals surface area contributed by atoms with Gasteiger partial charge in [0.1, 0.15) is 0 Å². The van der Waals surface area contributed by atoms with Gasteiger partial charge in [0.2, 0.25) is 0 Å². The number of amides is 1. The second-order valence-corrected chi connectivity index (χ2v) is 8.11. The number of piperidine rings is 1. The van der Waals surface area contributed by atoms with Crippen molar-refractivity contribution < 1.29 is 9.90 Å². The summed E-state index contributed by atoms with van der Waals surface area (Å²) in [6.45, 7) is 5.05. The molecule has 2 fully saturated rings. The van der Waals surface area contributed by atoms with Crippen molar-refractivity contribution in [3.05, 3.63) is 34.9 Å². The molecule has 25 heavy (non-hydrogen) atoms. The Morgan fingerprint density at radius 3 is 2.56 bits per heavy atom. The van der Waals surface area contributed by atoms with E-state index in [0.29, 0.717) is 12.5 Å². The molecule has 1 N–H and O–H groups in total. The van der Waals surface area contributed by atoms with Crippen LogP contribution in [0.3, 0.4) is 0 Å². The van der Waals surface area contributed by atoms with E-state index in [1.807, 2.05) is 11.0 Å². The predicted octanol–water partition coefficient (Wildman–Crippen LogP) is 2.34. The fraction of sp³-hybridized carbons (Fsp3) is 0.667. The number of fused-ring (bicyclic) bond motifs is 1. The molecule has 1 aromatic rings. The van der Waals surface area contributed by atoms with Crippen molar-refractivity contribution in [1.82, 2.24) is 9.80 Å². The Bertz CT molecular complexity index is 624. The molecule has 0 saturated carbocycles. The molecule has 3 aliphatic rings. The normalized spacial score (nSPS) is 26.8. The lowest BCUT2D eigenvalue weighted by atomic mass is 9.95. The van der Waals surface area contributed by atoms with Crippen molar-refractivity contribution in [2.75, 3.05) is 39.3 Å². The maximum Gasteiger partial charge on any atom is 0.253 e. The van der Waals surface area contributed by atoms with Gasteiger partial charge in [-0.3, -0.25) is 4.79 Å². The van der Waals surface area contributed by atoms with Crippen LogP contribution < -0.4 is 0 Å². The molecule has 0 bridgehead atoms. The lowest BCUT2D eigenvalue weighted by molar-refractivity contribution is 0.0778. The quantitative estimate of drug-likeness (QED) is 0.913. The first-order chi connectivity index (χ1) is 12.2. The standard InChI is InChI=1S/C21H30N2O2/c24-15-20-14-23(13-19(20)12-22-9-2-1-3-10-22)21(25)18-8-7-16-5-4-6-17(16)11-18/h7-8,11,19-20,24H,1-6,9-10,12-15H2/t19-,20-/m0/s1. The number of aliphatic hydroxyl groups is 1. The Kier molecular flexibility index (Phi) is 5.09. The number of likely N-dealkylation sites (tertiary alicyclic amines) is 2. The number of benzene rings is 1. The minimum Gasteiger partial charge on any atom is -0.396 e. The Morgan fingerprint density at radius 2 is 1.76 bits per heavy atom. The molecule has 4 rings (SSSR count). The molecule has 0 unspecified atom stereocenters. The van der Waals surface area contributed by atoms with E-state index in [2.05, 4.69) is 17.0 Å². The highest BCUT2D eigenvalue weighted by Gasteiger charge is 2.36. The molecule has 2 saturated heterocycles. The molecular formula is C21H30N2O2. The van der Waals surface area contributed by atoms with Gasteiger partial charge in [-0.25, -0.2) is 0 Å². The molecule has 1 aliphatic carbocycles. The molecule has 1 amide bonds. The number of aliphatic hydroxyl groups excluding tert-OH is 1. The van der Waals surface area contributed by atoms with Crippen LogP contribution in [0.1, 0.15) is 47.2 Å². The zero-order valence-electron chi connectivity index (χ0n) is 15.1. The Balaban J connectivity index is 1.42. The lowest BCUT2D eigenvalue weighted by Crippen LogP contribution is -2.37. The van der Waals surface area contributed by atoms with E-state index in [4.69, 9.17) is 0 Å². The molecule has 0 aromatic heterocycles. The molecule has 2 atom stereocenters. The first kappa shape index (κ1) is 17.0. The minimum atomic E-state index is 0.147. The second-order valence-electron chi connectivity index (χ2n) is 8.11. The zero-order valence-corrected chi connectivity index (χ0v) is 15.1. The number of hydrogen-bond donors (Lipinski definition) is 1. The third-order valence-corrected chi connectivity index (χ3v) is 6.39. The third kappa shape index (κ3) is 3.61. The van der Waals surface area contributed by atoms with E-state index in [-0.39, 0.29) is 18.4 Å². The van der Waals surface area contributed by atoms with Crippen molar-refractivity contribution in [2.45, 2.75) is 38.5 Å². The molecule has 2 aliphatic heterocycles. The SMILES string of the molecule is O=C(c1ccc2c(c1)CCC2)N1C[C@@H](CO)[C@@H](CN2CCCCC2)C1. The maximum atomic E-state index is 13.0. The highest BCUT2D eigenvalue weighted by Crippen LogP contribution is 2.28. The minimum absolute atomic E-state index is 0.147. The number of nitrogens with zero attached hydrogens (tertiary/aromatic N) is 2. The molecule has 4 nitrogen and oxygen atoms in total. The summed E-state index contributed by atoms with van der Waals surface area (Å²) in [7, 11) is 0. The zero-order chi connectivity index (χ0) is 17.2. The molecule has 1 aromatic carbocycles. The summed E-state index contributed by atoms with van der Waals surface area (Å²) in [5.41, 5.74) is 3.60. The van der Waals surface area contributed by atoms with Gasteiger partial charge in [-0.1, -0.05) is 12.5 Å². The number of aryl methyl sites for hydroxylation is 2. The first-order valence-electron chi connectivity index (χ1n) is 9.99. The van der Waals surface area contributed by atoms with E-state index in [1.54, 1.807) is 0 Å². The largest absolute Gasteiger partial charge is 0.396 e. The second kappa shape index (κ2) is 7.46. The van der Waals surface area contributed by atoms with Gasteiger partial charge in [-0.05, 0) is 74.4 Å². The Morgan fingerprint density at radius 1 is 1.00 bits per heavy atom. The monoisotopic (exact) mass is 342 g/mol. The Hall–Kier alpha value is -1.39. The fourth-order valence-corrected chi connectivity index (χ4v) is 4.88. The molecule has 4 heteroatoms. The summed E-state index contributed by atoms with van der Waals surface area (Å²) in [5.74, 6) is 0.774. The fourth-order valence-electron chi connectivity index (χ4n) is 4.88. The lowest BCUT2D eigenvalue weighted by Gasteiger charge is -2.30. The van der Waals surface area contributed by atoms with E-state index >= 15 is 0 Å². The molecule has 0 spiro atoms. The van der Waals surface area contributed by atoms with Crippen LogP contribution in [0.25, 0.3) is 0 Å². The van der Waals surface area contributed by atoms with Crippen LogP contribution in [-0.2, 0) is 12.8 Å². The number of carbonyl (C=O) groups is 1. The van der Waals surface area contributed by atoms with Gasteiger partial charge >= 0.3 is 0 Å². The molecular weight excluding hydrogens is 312 g/mol. The highest BCUT2D eigenvalue weighted by atomic mass is 16.3. The van der Waals surface area contributed by atoms with Crippen molar-refractivity contribution in [1.29, 1.82) is 0 Å². The third-order valence-electron chi connectivity index (χ3n) is 6.39. The molecule has 0 radical (unpaired) electrons. The summed E-state index contributed by atoms with van der Waals surface area (Å²) in [6, 6.07) is 6.25. The van der Waals surface area contributed by atoms with Crippen LogP contribution in [0.5, 0.6) is 0 Å². The van der Waals surface area contributed by atoms with Gasteiger partial charge in [-0.15, -0.1) is 0 Å². The van der Waals surface area contributed by atoms with Gasteiger partial charge < -0.3 is 14.9 Å². The van der Waals surface area contributed by atoms with Gasteiger partial charge in [0, 0.05) is 37.7 Å². The van der Waals surface area contributed by atoms with Crippen LogP contribution in [-0.4, -0.2) is 60.1 Å². The van der Waals surface area contributed by atoms with Crippen molar-refractivity contribution >= 4 is 5.91 Å². The predicted molar refractivity (Wildman–Crippen MR) is 98.7 cm³/mol. The van der Waals surface area contributed by atoms with Crippen LogP contribution in [0, 0.1) is 11.8 Å². The summed E-state index contributed by atoms with van der Waals surface area (Å²) < 4.78 is 0. The topological polar surface area (TPSA) is 43.8 Å². The molecule has 2 heterocycles. The van der Waals surface area contributed by atoms with Crippen molar-refractivity contribution in [3.8, 4) is 0 Å². The molecule has 136 valence electrons. The van der Waals surface area contributed by atoms with Crippen LogP contribution >= 0.6 is 0 Å². The highest BCUT2D eigenvalue weighted by molar-refractivity contribution is 5.94. The Labute approximate surface area is 150 Å². The van der Waals surface area contributed by atoms with E-state index in [0.717, 1.165) is 31.5 Å². The average molecular weight is 342 g/mol. The average Bonchev–Trinajstić information content (AvgIpc) is 3.28. The van der Waals surface area contributed by atoms with Crippen LogP contribution in [0.4, 0.5) is 0 Å². The van der Waals surface area contributed by atoms with E-state index in [9.17, 15) is 9.90 Å². The number of hydrogen-bond acceptors (Lipinski definition) is 3. The van der Waals surface area contributed by atoms with Gasteiger partial charge in [0.15, 0.2) is 0 Å². The van der Waals surface area contributed by atoms with Gasteiger partial charge in [0.25, 0.3) is 5.91 Å². The van der Waals surface area contributed by atoms with E-state index < -0.39 is 0 Å². The van der Waals surface area contributed by atoms with Crippen molar-refractivity contribution in [3.63, 3.8) is 0 Å². The summed E-state index contributed by atoms with van der Waals surface area (Å²) in [5, 5.41) is 9.81. The first-order valence-corrected chi connectivity index (χ1v) is 9.99. The van der Waals surface area contributed by atoms with Gasteiger partial charge in [-0.2, -0.15) is 0 Å². The summed E-state index contributed by atoms with van der Waals surface area (Å²) >= 11 is 0. The number of rotatable bonds is 4. The maximum absolute atomic E-state index is 13.0. The summed E-state index contributed by atoms with van der Waals surface area (Å²) in [4.78, 5) is 17.5. The van der Waals surface area contributed by atoms with E-state index in [1.165, 1.54) is 49.9 Å².